The fourth-order valence-corrected chi connectivity index (χ4v) is 2.90. The zero-order chi connectivity index (χ0) is 13.5. The van der Waals surface area contributed by atoms with Crippen LogP contribution in [-0.2, 0) is 11.3 Å². The van der Waals surface area contributed by atoms with Crippen molar-refractivity contribution in [1.82, 2.24) is 10.2 Å². The van der Waals surface area contributed by atoms with Crippen molar-refractivity contribution < 1.29 is 9.53 Å². The Kier molecular flexibility index (Phi) is 5.42. The van der Waals surface area contributed by atoms with E-state index >= 15 is 0 Å². The molecule has 0 spiro atoms. The fraction of sp³-hybridized carbons (Fsp3) is 0.500. The third-order valence-corrected chi connectivity index (χ3v) is 4.06. The molecule has 2 rings (SSSR count). The van der Waals surface area contributed by atoms with Gasteiger partial charge in [-0.3, -0.25) is 0 Å². The summed E-state index contributed by atoms with van der Waals surface area (Å²) in [5, 5.41) is 4.92. The van der Waals surface area contributed by atoms with Gasteiger partial charge >= 0.3 is 6.03 Å². The topological polar surface area (TPSA) is 41.6 Å². The van der Waals surface area contributed by atoms with E-state index in [2.05, 4.69) is 18.0 Å². The Balaban J connectivity index is 2.02. The Morgan fingerprint density at radius 3 is 3.00 bits per heavy atom. The number of hydrogen-bond acceptors (Lipinski definition) is 3. The summed E-state index contributed by atoms with van der Waals surface area (Å²) < 4.78 is 5.37. The van der Waals surface area contributed by atoms with Crippen molar-refractivity contribution in [2.24, 2.45) is 0 Å². The van der Waals surface area contributed by atoms with Gasteiger partial charge in [0, 0.05) is 30.7 Å². The molecule has 0 atom stereocenters. The molecule has 5 heteroatoms. The van der Waals surface area contributed by atoms with Crippen molar-refractivity contribution >= 4 is 17.4 Å². The Morgan fingerprint density at radius 2 is 2.37 bits per heavy atom. The summed E-state index contributed by atoms with van der Waals surface area (Å²) in [4.78, 5) is 15.4. The first-order chi connectivity index (χ1) is 9.31. The zero-order valence-corrected chi connectivity index (χ0v) is 11.8. The molecule has 19 heavy (non-hydrogen) atoms. The minimum Gasteiger partial charge on any atom is -0.381 e. The standard InChI is InChI=1S/C14H20N2O2S/c1-2-7-15-14(17)16(11-13-4-3-10-19-13)12-5-8-18-9-6-12/h2-4,10,12H,1,5-9,11H2,(H,15,17). The fourth-order valence-electron chi connectivity index (χ4n) is 2.20. The van der Waals surface area contributed by atoms with E-state index in [1.807, 2.05) is 16.3 Å². The number of nitrogens with zero attached hydrogens (tertiary/aromatic N) is 1. The molecule has 0 bridgehead atoms. The second-order valence-corrected chi connectivity index (χ2v) is 5.56. The number of carbonyl (C=O) groups excluding carboxylic acids is 1. The SMILES string of the molecule is C=CCNC(=O)N(Cc1cccs1)C1CCOCC1. The smallest absolute Gasteiger partial charge is 0.318 e. The summed E-state index contributed by atoms with van der Waals surface area (Å²) >= 11 is 1.68. The van der Waals surface area contributed by atoms with Gasteiger partial charge in [-0.25, -0.2) is 4.79 Å². The van der Waals surface area contributed by atoms with Crippen LogP contribution in [0.2, 0.25) is 0 Å². The van der Waals surface area contributed by atoms with Crippen LogP contribution in [-0.4, -0.2) is 36.7 Å². The number of nitrogens with one attached hydrogen (secondary N) is 1. The number of thiophene rings is 1. The third kappa shape index (κ3) is 4.08. The van der Waals surface area contributed by atoms with E-state index in [4.69, 9.17) is 4.74 Å². The summed E-state index contributed by atoms with van der Waals surface area (Å²) in [7, 11) is 0. The van der Waals surface area contributed by atoms with Gasteiger partial charge in [0.25, 0.3) is 0 Å². The normalized spacial score (nSPS) is 16.0. The van der Waals surface area contributed by atoms with Crippen LogP contribution in [0, 0.1) is 0 Å². The van der Waals surface area contributed by atoms with Crippen LogP contribution in [0.5, 0.6) is 0 Å². The van der Waals surface area contributed by atoms with Gasteiger partial charge in [-0.2, -0.15) is 0 Å². The van der Waals surface area contributed by atoms with E-state index in [0.717, 1.165) is 26.1 Å². The first-order valence-electron chi connectivity index (χ1n) is 6.56. The molecule has 2 heterocycles. The molecule has 2 amide bonds. The van der Waals surface area contributed by atoms with E-state index in [-0.39, 0.29) is 12.1 Å². The van der Waals surface area contributed by atoms with Crippen LogP contribution < -0.4 is 5.32 Å². The molecule has 0 radical (unpaired) electrons. The number of rotatable bonds is 5. The van der Waals surface area contributed by atoms with Gasteiger partial charge in [0.05, 0.1) is 6.54 Å². The van der Waals surface area contributed by atoms with Gasteiger partial charge in [-0.05, 0) is 24.3 Å². The molecule has 1 aliphatic rings. The Labute approximate surface area is 118 Å². The highest BCUT2D eigenvalue weighted by atomic mass is 32.1. The molecule has 0 saturated carbocycles. The maximum Gasteiger partial charge on any atom is 0.318 e. The summed E-state index contributed by atoms with van der Waals surface area (Å²) in [6.07, 6.45) is 3.52. The third-order valence-electron chi connectivity index (χ3n) is 3.20. The molecule has 0 aromatic carbocycles. The van der Waals surface area contributed by atoms with Gasteiger partial charge in [0.1, 0.15) is 0 Å². The molecule has 1 saturated heterocycles. The zero-order valence-electron chi connectivity index (χ0n) is 11.0. The van der Waals surface area contributed by atoms with Gasteiger partial charge in [0.2, 0.25) is 0 Å². The lowest BCUT2D eigenvalue weighted by Crippen LogP contribution is -2.47. The Hall–Kier alpha value is -1.33. The molecule has 1 N–H and O–H groups in total. The summed E-state index contributed by atoms with van der Waals surface area (Å²) in [5.74, 6) is 0. The van der Waals surface area contributed by atoms with Gasteiger partial charge < -0.3 is 15.0 Å². The molecule has 4 nitrogen and oxygen atoms in total. The van der Waals surface area contributed by atoms with E-state index < -0.39 is 0 Å². The van der Waals surface area contributed by atoms with Crippen LogP contribution in [0.15, 0.2) is 30.2 Å². The van der Waals surface area contributed by atoms with Gasteiger partial charge in [-0.1, -0.05) is 12.1 Å². The Bertz CT molecular complexity index is 400. The van der Waals surface area contributed by atoms with Crippen molar-refractivity contribution in [2.45, 2.75) is 25.4 Å². The minimum atomic E-state index is -0.0137. The average molecular weight is 280 g/mol. The molecular formula is C14H20N2O2S. The Morgan fingerprint density at radius 1 is 1.58 bits per heavy atom. The number of carbonyl (C=O) groups is 1. The van der Waals surface area contributed by atoms with E-state index in [1.54, 1.807) is 17.4 Å². The highest BCUT2D eigenvalue weighted by Gasteiger charge is 2.25. The lowest BCUT2D eigenvalue weighted by molar-refractivity contribution is 0.0441. The van der Waals surface area contributed by atoms with Crippen LogP contribution in [0.4, 0.5) is 4.79 Å². The van der Waals surface area contributed by atoms with Gasteiger partial charge in [0.15, 0.2) is 0 Å². The van der Waals surface area contributed by atoms with E-state index in [0.29, 0.717) is 13.1 Å². The van der Waals surface area contributed by atoms with Crippen molar-refractivity contribution in [3.05, 3.63) is 35.0 Å². The molecule has 1 fully saturated rings. The number of urea groups is 1. The first kappa shape index (κ1) is 14.1. The lowest BCUT2D eigenvalue weighted by Gasteiger charge is -2.34. The van der Waals surface area contributed by atoms with Crippen LogP contribution in [0.25, 0.3) is 0 Å². The molecule has 1 aliphatic heterocycles. The van der Waals surface area contributed by atoms with Crippen molar-refractivity contribution in [1.29, 1.82) is 0 Å². The van der Waals surface area contributed by atoms with Crippen LogP contribution in [0.1, 0.15) is 17.7 Å². The highest BCUT2D eigenvalue weighted by Crippen LogP contribution is 2.19. The maximum atomic E-state index is 12.3. The second-order valence-electron chi connectivity index (χ2n) is 4.53. The quantitative estimate of drug-likeness (QED) is 0.842. The summed E-state index contributed by atoms with van der Waals surface area (Å²) in [6.45, 7) is 6.28. The molecule has 0 aliphatic carbocycles. The molecule has 0 unspecified atom stereocenters. The molecular weight excluding hydrogens is 260 g/mol. The highest BCUT2D eigenvalue weighted by molar-refractivity contribution is 7.09. The average Bonchev–Trinajstić information content (AvgIpc) is 2.96. The lowest BCUT2D eigenvalue weighted by atomic mass is 10.1. The number of amides is 2. The van der Waals surface area contributed by atoms with E-state index in [1.165, 1.54) is 4.88 Å². The summed E-state index contributed by atoms with van der Waals surface area (Å²) in [5.41, 5.74) is 0. The molecule has 1 aromatic heterocycles. The minimum absolute atomic E-state index is 0.0137. The number of hydrogen-bond donors (Lipinski definition) is 1. The first-order valence-corrected chi connectivity index (χ1v) is 7.44. The number of ether oxygens (including phenoxy) is 1. The second kappa shape index (κ2) is 7.31. The van der Waals surface area contributed by atoms with E-state index in [9.17, 15) is 4.79 Å². The predicted molar refractivity (Wildman–Crippen MR) is 77.3 cm³/mol. The van der Waals surface area contributed by atoms with Crippen LogP contribution >= 0.6 is 11.3 Å². The van der Waals surface area contributed by atoms with Gasteiger partial charge in [-0.15, -0.1) is 17.9 Å². The van der Waals surface area contributed by atoms with Crippen molar-refractivity contribution in [3.8, 4) is 0 Å². The molecule has 1 aromatic rings. The van der Waals surface area contributed by atoms with Crippen LogP contribution in [0.3, 0.4) is 0 Å². The monoisotopic (exact) mass is 280 g/mol. The summed E-state index contributed by atoms with van der Waals surface area (Å²) in [6, 6.07) is 4.34. The maximum absolute atomic E-state index is 12.3. The predicted octanol–water partition coefficient (Wildman–Crippen LogP) is 2.62. The molecule has 104 valence electrons. The van der Waals surface area contributed by atoms with Crippen molar-refractivity contribution in [3.63, 3.8) is 0 Å². The van der Waals surface area contributed by atoms with Crippen molar-refractivity contribution in [2.75, 3.05) is 19.8 Å². The largest absolute Gasteiger partial charge is 0.381 e.